The lowest BCUT2D eigenvalue weighted by molar-refractivity contribution is -0.112. The van der Waals surface area contributed by atoms with Crippen LogP contribution in [-0.2, 0) is 11.3 Å². The van der Waals surface area contributed by atoms with Gasteiger partial charge in [-0.2, -0.15) is 0 Å². The van der Waals surface area contributed by atoms with Gasteiger partial charge < -0.3 is 9.88 Å². The van der Waals surface area contributed by atoms with E-state index in [4.69, 9.17) is 0 Å². The molecule has 0 spiro atoms. The van der Waals surface area contributed by atoms with Gasteiger partial charge in [0.05, 0.1) is 17.6 Å². The highest BCUT2D eigenvalue weighted by Crippen LogP contribution is 2.10. The predicted octanol–water partition coefficient (Wildman–Crippen LogP) is 2.75. The highest BCUT2D eigenvalue weighted by Gasteiger charge is 2.19. The third kappa shape index (κ3) is 3.52. The second-order valence-corrected chi connectivity index (χ2v) is 5.03. The van der Waals surface area contributed by atoms with Crippen LogP contribution in [0.4, 0.5) is 5.69 Å². The number of nitrogens with zero attached hydrogens (tertiary/aromatic N) is 2. The summed E-state index contributed by atoms with van der Waals surface area (Å²) in [5, 5.41) is 2.56. The van der Waals surface area contributed by atoms with Gasteiger partial charge in [-0.1, -0.05) is 30.3 Å². The van der Waals surface area contributed by atoms with Crippen LogP contribution in [0.25, 0.3) is 0 Å². The third-order valence-corrected chi connectivity index (χ3v) is 3.38. The second kappa shape index (κ2) is 6.70. The minimum absolute atomic E-state index is 0.357. The zero-order valence-electron chi connectivity index (χ0n) is 12.3. The molecule has 0 fully saturated rings. The average molecular weight is 305 g/mol. The van der Waals surface area contributed by atoms with Crippen LogP contribution in [0.5, 0.6) is 0 Å². The maximum Gasteiger partial charge on any atom is 0.298 e. The summed E-state index contributed by atoms with van der Waals surface area (Å²) < 4.78 is 1.76. The van der Waals surface area contributed by atoms with Crippen molar-refractivity contribution in [1.29, 1.82) is 0 Å². The fourth-order valence-corrected chi connectivity index (χ4v) is 2.28. The molecule has 0 bridgehead atoms. The average Bonchev–Trinajstić information content (AvgIpc) is 3.04. The Labute approximate surface area is 133 Å². The van der Waals surface area contributed by atoms with E-state index < -0.39 is 11.7 Å². The molecule has 0 aliphatic rings. The van der Waals surface area contributed by atoms with Gasteiger partial charge in [0.15, 0.2) is 0 Å². The summed E-state index contributed by atoms with van der Waals surface area (Å²) in [4.78, 5) is 28.4. The van der Waals surface area contributed by atoms with Gasteiger partial charge in [-0.05, 0) is 29.8 Å². The molecule has 0 saturated heterocycles. The molecule has 1 amide bonds. The van der Waals surface area contributed by atoms with E-state index >= 15 is 0 Å². The molecule has 0 atom stereocenters. The summed E-state index contributed by atoms with van der Waals surface area (Å²) in [6, 6.07) is 16.5. The number of aromatic nitrogens is 2. The normalized spacial score (nSPS) is 10.3. The molecule has 0 unspecified atom stereocenters. The Morgan fingerprint density at radius 2 is 1.83 bits per heavy atom. The van der Waals surface area contributed by atoms with Crippen LogP contribution in [0.15, 0.2) is 73.2 Å². The molecule has 2 aromatic heterocycles. The number of hydrogen-bond donors (Lipinski definition) is 1. The molecule has 5 heteroatoms. The van der Waals surface area contributed by atoms with Gasteiger partial charge in [0.2, 0.25) is 0 Å². The van der Waals surface area contributed by atoms with Gasteiger partial charge in [0.25, 0.3) is 11.7 Å². The molecule has 1 aromatic carbocycles. The molecule has 114 valence electrons. The van der Waals surface area contributed by atoms with Crippen molar-refractivity contribution in [3.8, 4) is 0 Å². The molecule has 3 aromatic rings. The van der Waals surface area contributed by atoms with Crippen LogP contribution in [-0.4, -0.2) is 21.2 Å². The molecular weight excluding hydrogens is 290 g/mol. The molecule has 1 N–H and O–H groups in total. The summed E-state index contributed by atoms with van der Waals surface area (Å²) in [5.74, 6) is -1.25. The van der Waals surface area contributed by atoms with Gasteiger partial charge in [-0.25, -0.2) is 0 Å². The number of benzene rings is 1. The Morgan fingerprint density at radius 1 is 1.00 bits per heavy atom. The quantitative estimate of drug-likeness (QED) is 0.582. The number of carbonyl (C=O) groups excluding carboxylic acids is 2. The lowest BCUT2D eigenvalue weighted by Gasteiger charge is -2.09. The molecular formula is C18H15N3O2. The summed E-state index contributed by atoms with van der Waals surface area (Å²) >= 11 is 0. The van der Waals surface area contributed by atoms with Crippen LogP contribution < -0.4 is 5.32 Å². The first-order valence-electron chi connectivity index (χ1n) is 7.19. The fourth-order valence-electron chi connectivity index (χ4n) is 2.28. The second-order valence-electron chi connectivity index (χ2n) is 5.03. The van der Waals surface area contributed by atoms with Crippen molar-refractivity contribution in [2.45, 2.75) is 6.54 Å². The van der Waals surface area contributed by atoms with E-state index in [2.05, 4.69) is 10.3 Å². The van der Waals surface area contributed by atoms with Crippen molar-refractivity contribution in [3.63, 3.8) is 0 Å². The zero-order chi connectivity index (χ0) is 16.1. The minimum atomic E-state index is -0.675. The van der Waals surface area contributed by atoms with Gasteiger partial charge in [0, 0.05) is 18.9 Å². The predicted molar refractivity (Wildman–Crippen MR) is 87.2 cm³/mol. The monoisotopic (exact) mass is 305 g/mol. The number of amides is 1. The highest BCUT2D eigenvalue weighted by molar-refractivity contribution is 6.46. The van der Waals surface area contributed by atoms with E-state index in [1.165, 1.54) is 6.20 Å². The van der Waals surface area contributed by atoms with E-state index in [9.17, 15) is 9.59 Å². The first-order valence-corrected chi connectivity index (χ1v) is 7.19. The first-order chi connectivity index (χ1) is 11.2. The van der Waals surface area contributed by atoms with E-state index in [-0.39, 0.29) is 0 Å². The number of rotatable bonds is 5. The lowest BCUT2D eigenvalue weighted by Crippen LogP contribution is -2.25. The molecule has 0 saturated carbocycles. The van der Waals surface area contributed by atoms with Gasteiger partial charge in [-0.15, -0.1) is 0 Å². The van der Waals surface area contributed by atoms with Crippen LogP contribution in [0.3, 0.4) is 0 Å². The SMILES string of the molecule is O=C(Nc1cccnc1)C(=O)c1cccn1Cc1ccccc1. The number of pyridine rings is 1. The van der Waals surface area contributed by atoms with Crippen molar-refractivity contribution >= 4 is 17.4 Å². The largest absolute Gasteiger partial charge is 0.340 e. The molecule has 0 aliphatic heterocycles. The van der Waals surface area contributed by atoms with Crippen molar-refractivity contribution in [3.05, 3.63) is 84.4 Å². The molecule has 0 aliphatic carbocycles. The maximum atomic E-state index is 12.4. The van der Waals surface area contributed by atoms with Crippen molar-refractivity contribution in [2.75, 3.05) is 5.32 Å². The topological polar surface area (TPSA) is 64.0 Å². The minimum Gasteiger partial charge on any atom is -0.340 e. The molecule has 0 radical (unpaired) electrons. The smallest absolute Gasteiger partial charge is 0.298 e. The lowest BCUT2D eigenvalue weighted by atomic mass is 10.2. The first kappa shape index (κ1) is 14.7. The van der Waals surface area contributed by atoms with E-state index in [1.54, 1.807) is 41.2 Å². The number of ketones is 1. The number of Topliss-reactive ketones (excluding diaryl/α,β-unsaturated/α-hetero) is 1. The Bertz CT molecular complexity index is 811. The van der Waals surface area contributed by atoms with Crippen LogP contribution in [0.1, 0.15) is 16.1 Å². The fraction of sp³-hybridized carbons (Fsp3) is 0.0556. The summed E-state index contributed by atoms with van der Waals surface area (Å²) in [7, 11) is 0. The van der Waals surface area contributed by atoms with E-state index in [1.807, 2.05) is 30.3 Å². The highest BCUT2D eigenvalue weighted by atomic mass is 16.2. The molecule has 3 rings (SSSR count). The summed E-state index contributed by atoms with van der Waals surface area (Å²) in [6.07, 6.45) is 4.88. The number of nitrogens with one attached hydrogen (secondary N) is 1. The Balaban J connectivity index is 1.75. The third-order valence-electron chi connectivity index (χ3n) is 3.38. The Morgan fingerprint density at radius 3 is 2.57 bits per heavy atom. The number of carbonyl (C=O) groups is 2. The van der Waals surface area contributed by atoms with Crippen molar-refractivity contribution < 1.29 is 9.59 Å². The van der Waals surface area contributed by atoms with Crippen molar-refractivity contribution in [2.24, 2.45) is 0 Å². The Kier molecular flexibility index (Phi) is 4.29. The summed E-state index contributed by atoms with van der Waals surface area (Å²) in [6.45, 7) is 0.537. The molecule has 2 heterocycles. The van der Waals surface area contributed by atoms with Crippen LogP contribution in [0.2, 0.25) is 0 Å². The number of hydrogen-bond acceptors (Lipinski definition) is 3. The van der Waals surface area contributed by atoms with E-state index in [0.717, 1.165) is 5.56 Å². The summed E-state index contributed by atoms with van der Waals surface area (Å²) in [5.41, 5.74) is 1.91. The maximum absolute atomic E-state index is 12.4. The Hall–Kier alpha value is -3.21. The van der Waals surface area contributed by atoms with Crippen LogP contribution >= 0.6 is 0 Å². The van der Waals surface area contributed by atoms with E-state index in [0.29, 0.717) is 17.9 Å². The van der Waals surface area contributed by atoms with Crippen LogP contribution in [0, 0.1) is 0 Å². The van der Waals surface area contributed by atoms with Crippen molar-refractivity contribution in [1.82, 2.24) is 9.55 Å². The van der Waals surface area contributed by atoms with Gasteiger partial charge in [-0.3, -0.25) is 14.6 Å². The van der Waals surface area contributed by atoms with Gasteiger partial charge >= 0.3 is 0 Å². The molecule has 5 nitrogen and oxygen atoms in total. The van der Waals surface area contributed by atoms with Gasteiger partial charge in [0.1, 0.15) is 0 Å². The zero-order valence-corrected chi connectivity index (χ0v) is 12.3. The number of anilines is 1. The molecule has 23 heavy (non-hydrogen) atoms. The standard InChI is InChI=1S/C18H15N3O2/c22-17(18(23)20-15-8-4-10-19-12-15)16-9-5-11-21(16)13-14-6-2-1-3-7-14/h1-12H,13H2,(H,20,23).